The highest BCUT2D eigenvalue weighted by atomic mass is 79.9. The zero-order chi connectivity index (χ0) is 14.0. The van der Waals surface area contributed by atoms with E-state index < -0.39 is 0 Å². The van der Waals surface area contributed by atoms with Gasteiger partial charge >= 0.3 is 0 Å². The highest BCUT2D eigenvalue weighted by Crippen LogP contribution is 2.25. The summed E-state index contributed by atoms with van der Waals surface area (Å²) in [6.45, 7) is 3.93. The molecule has 0 saturated heterocycles. The van der Waals surface area contributed by atoms with Gasteiger partial charge in [0.15, 0.2) is 0 Å². The largest absolute Gasteiger partial charge is 0.382 e. The van der Waals surface area contributed by atoms with Crippen molar-refractivity contribution in [1.82, 2.24) is 9.97 Å². The van der Waals surface area contributed by atoms with Gasteiger partial charge in [-0.3, -0.25) is 9.78 Å². The first kappa shape index (κ1) is 13.5. The summed E-state index contributed by atoms with van der Waals surface area (Å²) >= 11 is 3.48. The Hall–Kier alpha value is -1.95. The van der Waals surface area contributed by atoms with E-state index in [1.165, 1.54) is 12.4 Å². The Morgan fingerprint density at radius 2 is 1.89 bits per heavy atom. The Kier molecular flexibility index (Phi) is 3.80. The SMILES string of the molecule is Cc1cc(NC(=O)c2cncc(N)n2)cc(C)c1Br. The fourth-order valence-electron chi connectivity index (χ4n) is 1.70. The number of carbonyl (C=O) groups excluding carboxylic acids is 1. The molecule has 0 unspecified atom stereocenters. The molecule has 1 heterocycles. The summed E-state index contributed by atoms with van der Waals surface area (Å²) < 4.78 is 1.04. The third kappa shape index (κ3) is 3.08. The minimum absolute atomic E-state index is 0.193. The van der Waals surface area contributed by atoms with E-state index in [0.29, 0.717) is 5.69 Å². The lowest BCUT2D eigenvalue weighted by Gasteiger charge is -2.09. The molecule has 0 saturated carbocycles. The minimum atomic E-state index is -0.332. The number of anilines is 2. The van der Waals surface area contributed by atoms with Crippen LogP contribution in [0.3, 0.4) is 0 Å². The Morgan fingerprint density at radius 1 is 1.26 bits per heavy atom. The summed E-state index contributed by atoms with van der Waals surface area (Å²) in [5, 5.41) is 2.78. The van der Waals surface area contributed by atoms with E-state index in [9.17, 15) is 4.79 Å². The smallest absolute Gasteiger partial charge is 0.275 e. The number of nitrogens with one attached hydrogen (secondary N) is 1. The van der Waals surface area contributed by atoms with Gasteiger partial charge in [-0.25, -0.2) is 4.98 Å². The van der Waals surface area contributed by atoms with E-state index in [0.717, 1.165) is 15.6 Å². The number of halogens is 1. The number of carbonyl (C=O) groups is 1. The van der Waals surface area contributed by atoms with Gasteiger partial charge in [0.1, 0.15) is 11.5 Å². The average Bonchev–Trinajstić information content (AvgIpc) is 2.36. The molecule has 0 radical (unpaired) electrons. The molecule has 0 aliphatic heterocycles. The normalized spacial score (nSPS) is 10.3. The number of aromatic nitrogens is 2. The molecule has 5 nitrogen and oxygen atoms in total. The van der Waals surface area contributed by atoms with Crippen LogP contribution in [0.1, 0.15) is 21.6 Å². The number of nitrogen functional groups attached to an aromatic ring is 1. The molecule has 1 aromatic heterocycles. The van der Waals surface area contributed by atoms with Gasteiger partial charge in [-0.1, -0.05) is 15.9 Å². The van der Waals surface area contributed by atoms with Crippen LogP contribution in [0.5, 0.6) is 0 Å². The molecule has 0 bridgehead atoms. The van der Waals surface area contributed by atoms with E-state index in [2.05, 4.69) is 31.2 Å². The second kappa shape index (κ2) is 5.36. The van der Waals surface area contributed by atoms with Crippen LogP contribution in [0, 0.1) is 13.8 Å². The molecule has 2 rings (SSSR count). The van der Waals surface area contributed by atoms with Crippen LogP contribution in [0.2, 0.25) is 0 Å². The molecule has 0 atom stereocenters. The van der Waals surface area contributed by atoms with Gasteiger partial charge in [-0.05, 0) is 37.1 Å². The quantitative estimate of drug-likeness (QED) is 0.891. The second-order valence-electron chi connectivity index (χ2n) is 4.21. The minimum Gasteiger partial charge on any atom is -0.382 e. The van der Waals surface area contributed by atoms with Gasteiger partial charge in [0.2, 0.25) is 0 Å². The summed E-state index contributed by atoms with van der Waals surface area (Å²) in [5.74, 6) is -0.114. The molecule has 1 amide bonds. The van der Waals surface area contributed by atoms with Crippen LogP contribution in [0.25, 0.3) is 0 Å². The van der Waals surface area contributed by atoms with Crippen LogP contribution in [-0.2, 0) is 0 Å². The molecule has 0 fully saturated rings. The van der Waals surface area contributed by atoms with E-state index >= 15 is 0 Å². The number of rotatable bonds is 2. The maximum Gasteiger partial charge on any atom is 0.275 e. The van der Waals surface area contributed by atoms with Crippen molar-refractivity contribution in [2.24, 2.45) is 0 Å². The third-order valence-electron chi connectivity index (χ3n) is 2.58. The van der Waals surface area contributed by atoms with Crippen LogP contribution in [-0.4, -0.2) is 15.9 Å². The van der Waals surface area contributed by atoms with Gasteiger partial charge in [0.05, 0.1) is 12.4 Å². The van der Waals surface area contributed by atoms with Crippen molar-refractivity contribution in [3.05, 3.63) is 45.8 Å². The first-order valence-corrected chi connectivity index (χ1v) is 6.42. The lowest BCUT2D eigenvalue weighted by molar-refractivity contribution is 0.102. The molecule has 2 aromatic rings. The number of nitrogens with zero attached hydrogens (tertiary/aromatic N) is 2. The van der Waals surface area contributed by atoms with Gasteiger partial charge in [0.25, 0.3) is 5.91 Å². The van der Waals surface area contributed by atoms with Crippen molar-refractivity contribution in [2.45, 2.75) is 13.8 Å². The van der Waals surface area contributed by atoms with Crippen molar-refractivity contribution in [3.8, 4) is 0 Å². The van der Waals surface area contributed by atoms with Crippen LogP contribution in [0.4, 0.5) is 11.5 Å². The topological polar surface area (TPSA) is 80.9 Å². The summed E-state index contributed by atoms with van der Waals surface area (Å²) in [4.78, 5) is 19.8. The van der Waals surface area contributed by atoms with Crippen molar-refractivity contribution in [1.29, 1.82) is 0 Å². The maximum atomic E-state index is 12.0. The van der Waals surface area contributed by atoms with Crippen LogP contribution < -0.4 is 11.1 Å². The van der Waals surface area contributed by atoms with Crippen molar-refractivity contribution < 1.29 is 4.79 Å². The van der Waals surface area contributed by atoms with Crippen molar-refractivity contribution in [2.75, 3.05) is 11.1 Å². The first-order valence-electron chi connectivity index (χ1n) is 5.63. The summed E-state index contributed by atoms with van der Waals surface area (Å²) in [6, 6.07) is 3.77. The molecule has 19 heavy (non-hydrogen) atoms. The number of aryl methyl sites for hydroxylation is 2. The summed E-state index contributed by atoms with van der Waals surface area (Å²) in [6.07, 6.45) is 2.77. The number of hydrogen-bond acceptors (Lipinski definition) is 4. The van der Waals surface area contributed by atoms with Gasteiger partial charge in [-0.15, -0.1) is 0 Å². The fraction of sp³-hybridized carbons (Fsp3) is 0.154. The van der Waals surface area contributed by atoms with E-state index in [1.54, 1.807) is 0 Å². The number of amides is 1. The molecule has 0 spiro atoms. The molecular formula is C13H13BrN4O. The van der Waals surface area contributed by atoms with E-state index in [4.69, 9.17) is 5.73 Å². The molecule has 98 valence electrons. The van der Waals surface area contributed by atoms with E-state index in [-0.39, 0.29) is 17.4 Å². The number of benzene rings is 1. The monoisotopic (exact) mass is 320 g/mol. The van der Waals surface area contributed by atoms with Gasteiger partial charge in [0, 0.05) is 10.2 Å². The second-order valence-corrected chi connectivity index (χ2v) is 5.00. The standard InChI is InChI=1S/C13H13BrN4O/c1-7-3-9(4-8(2)12(7)14)17-13(19)10-5-16-6-11(15)18-10/h3-6H,1-2H3,(H2,15,18)(H,17,19). The fourth-order valence-corrected chi connectivity index (χ4v) is 1.93. The predicted molar refractivity (Wildman–Crippen MR) is 78.0 cm³/mol. The zero-order valence-electron chi connectivity index (χ0n) is 10.6. The van der Waals surface area contributed by atoms with Gasteiger partial charge < -0.3 is 11.1 Å². The first-order chi connectivity index (χ1) is 8.97. The number of nitrogens with two attached hydrogens (primary N) is 1. The zero-order valence-corrected chi connectivity index (χ0v) is 12.2. The van der Waals surface area contributed by atoms with Gasteiger partial charge in [-0.2, -0.15) is 0 Å². The molecule has 3 N–H and O–H groups in total. The molecule has 0 aliphatic carbocycles. The lowest BCUT2D eigenvalue weighted by Crippen LogP contribution is -2.15. The predicted octanol–water partition coefficient (Wildman–Crippen LogP) is 2.69. The summed E-state index contributed by atoms with van der Waals surface area (Å²) in [5.41, 5.74) is 8.51. The summed E-state index contributed by atoms with van der Waals surface area (Å²) in [7, 11) is 0. The van der Waals surface area contributed by atoms with Crippen molar-refractivity contribution in [3.63, 3.8) is 0 Å². The van der Waals surface area contributed by atoms with Crippen LogP contribution >= 0.6 is 15.9 Å². The Morgan fingerprint density at radius 3 is 2.47 bits per heavy atom. The molecule has 0 aliphatic rings. The third-order valence-corrected chi connectivity index (χ3v) is 3.83. The lowest BCUT2D eigenvalue weighted by atomic mass is 10.1. The highest BCUT2D eigenvalue weighted by Gasteiger charge is 2.10. The molecule has 6 heteroatoms. The van der Waals surface area contributed by atoms with Crippen LogP contribution in [0.15, 0.2) is 29.0 Å². The Bertz CT molecular complexity index is 619. The van der Waals surface area contributed by atoms with Crippen molar-refractivity contribution >= 4 is 33.3 Å². The highest BCUT2D eigenvalue weighted by molar-refractivity contribution is 9.10. The maximum absolute atomic E-state index is 12.0. The molecular weight excluding hydrogens is 308 g/mol. The molecule has 1 aromatic carbocycles. The van der Waals surface area contributed by atoms with E-state index in [1.807, 2.05) is 26.0 Å². The Balaban J connectivity index is 2.24. The number of hydrogen-bond donors (Lipinski definition) is 2. The average molecular weight is 321 g/mol. The Labute approximate surface area is 119 Å².